The Balaban J connectivity index is 1.61. The summed E-state index contributed by atoms with van der Waals surface area (Å²) in [6, 6.07) is 16.9. The van der Waals surface area contributed by atoms with E-state index in [4.69, 9.17) is 14.6 Å². The van der Waals surface area contributed by atoms with Crippen molar-refractivity contribution in [2.75, 3.05) is 7.11 Å². The smallest absolute Gasteiger partial charge is 0.214 e. The van der Waals surface area contributed by atoms with Crippen LogP contribution in [-0.2, 0) is 0 Å². The number of thiophene rings is 1. The van der Waals surface area contributed by atoms with Crippen LogP contribution < -0.4 is 9.47 Å². The lowest BCUT2D eigenvalue weighted by molar-refractivity contribution is -0.0206. The van der Waals surface area contributed by atoms with Gasteiger partial charge in [-0.3, -0.25) is 0 Å². The fourth-order valence-electron chi connectivity index (χ4n) is 3.80. The maximum Gasteiger partial charge on any atom is 0.214 e. The van der Waals surface area contributed by atoms with Crippen LogP contribution in [0.1, 0.15) is 40.9 Å². The molecular weight excluding hydrogens is 356 g/mol. The summed E-state index contributed by atoms with van der Waals surface area (Å²) in [5, 5.41) is 11.3. The van der Waals surface area contributed by atoms with Crippen molar-refractivity contribution in [3.63, 3.8) is 0 Å². The van der Waals surface area contributed by atoms with Gasteiger partial charge in [0.15, 0.2) is 11.5 Å². The first-order valence-corrected chi connectivity index (χ1v) is 9.97. The van der Waals surface area contributed by atoms with Crippen LogP contribution in [0.5, 0.6) is 11.5 Å². The van der Waals surface area contributed by atoms with Crippen molar-refractivity contribution in [2.45, 2.75) is 25.6 Å². The van der Waals surface area contributed by atoms with Crippen molar-refractivity contribution in [1.82, 2.24) is 5.01 Å². The number of rotatable bonds is 3. The third kappa shape index (κ3) is 2.70. The predicted octanol–water partition coefficient (Wildman–Crippen LogP) is 5.31. The van der Waals surface area contributed by atoms with Gasteiger partial charge in [-0.15, -0.1) is 0 Å². The summed E-state index contributed by atoms with van der Waals surface area (Å²) in [5.74, 6) is 1.61. The van der Waals surface area contributed by atoms with E-state index in [0.717, 1.165) is 34.8 Å². The molecule has 0 fully saturated rings. The van der Waals surface area contributed by atoms with Gasteiger partial charge in [0.25, 0.3) is 0 Å². The molecule has 0 bridgehead atoms. The van der Waals surface area contributed by atoms with Crippen molar-refractivity contribution in [2.24, 2.45) is 5.10 Å². The molecule has 5 heteroatoms. The van der Waals surface area contributed by atoms with Gasteiger partial charge in [0, 0.05) is 17.5 Å². The van der Waals surface area contributed by atoms with Crippen LogP contribution in [0.2, 0.25) is 0 Å². The zero-order chi connectivity index (χ0) is 18.4. The lowest BCUT2D eigenvalue weighted by Gasteiger charge is -2.38. The number of hydrogen-bond donors (Lipinski definition) is 0. The summed E-state index contributed by atoms with van der Waals surface area (Å²) in [6.07, 6.45) is 0.612. The van der Waals surface area contributed by atoms with Gasteiger partial charge in [0.2, 0.25) is 6.23 Å². The van der Waals surface area contributed by atoms with E-state index >= 15 is 0 Å². The third-order valence-corrected chi connectivity index (χ3v) is 5.91. The van der Waals surface area contributed by atoms with E-state index < -0.39 is 0 Å². The number of para-hydroxylation sites is 1. The van der Waals surface area contributed by atoms with Crippen LogP contribution in [0, 0.1) is 6.92 Å². The average molecular weight is 376 g/mol. The highest BCUT2D eigenvalue weighted by Crippen LogP contribution is 2.50. The van der Waals surface area contributed by atoms with Crippen LogP contribution in [0.4, 0.5) is 0 Å². The standard InChI is InChI=1S/C22H20N2O2S/c1-14-6-8-15(9-7-14)18-12-19-17-4-3-5-20(25-2)21(17)26-22(24(19)23-18)16-10-11-27-13-16/h3-11,13,19,22H,12H2,1-2H3. The Bertz CT molecular complexity index is 996. The average Bonchev–Trinajstić information content (AvgIpc) is 3.37. The van der Waals surface area contributed by atoms with Crippen LogP contribution in [0.3, 0.4) is 0 Å². The van der Waals surface area contributed by atoms with Gasteiger partial charge >= 0.3 is 0 Å². The molecule has 0 N–H and O–H groups in total. The van der Waals surface area contributed by atoms with Crippen molar-refractivity contribution in [3.05, 3.63) is 81.5 Å². The number of nitrogens with zero attached hydrogens (tertiary/aromatic N) is 2. The highest BCUT2D eigenvalue weighted by atomic mass is 32.1. The third-order valence-electron chi connectivity index (χ3n) is 5.21. The van der Waals surface area contributed by atoms with Gasteiger partial charge in [-0.1, -0.05) is 42.0 Å². The van der Waals surface area contributed by atoms with Gasteiger partial charge in [-0.25, -0.2) is 5.01 Å². The van der Waals surface area contributed by atoms with Gasteiger partial charge < -0.3 is 9.47 Å². The lowest BCUT2D eigenvalue weighted by Crippen LogP contribution is -2.33. The summed E-state index contributed by atoms with van der Waals surface area (Å²) >= 11 is 1.67. The van der Waals surface area contributed by atoms with Gasteiger partial charge in [-0.05, 0) is 35.4 Å². The highest BCUT2D eigenvalue weighted by Gasteiger charge is 2.42. The summed E-state index contributed by atoms with van der Waals surface area (Å²) in [4.78, 5) is 0. The maximum absolute atomic E-state index is 6.42. The molecule has 4 nitrogen and oxygen atoms in total. The predicted molar refractivity (Wildman–Crippen MR) is 108 cm³/mol. The number of methoxy groups -OCH3 is 1. The number of ether oxygens (including phenoxy) is 2. The monoisotopic (exact) mass is 376 g/mol. The van der Waals surface area contributed by atoms with Crippen molar-refractivity contribution in [1.29, 1.82) is 0 Å². The normalized spacial score (nSPS) is 20.5. The Morgan fingerprint density at radius 1 is 1.15 bits per heavy atom. The maximum atomic E-state index is 6.42. The molecule has 0 saturated carbocycles. The number of hydrogen-bond acceptors (Lipinski definition) is 5. The molecule has 3 heterocycles. The molecule has 0 spiro atoms. The van der Waals surface area contributed by atoms with Crippen LogP contribution in [0.25, 0.3) is 0 Å². The van der Waals surface area contributed by atoms with Crippen molar-refractivity contribution < 1.29 is 9.47 Å². The first kappa shape index (κ1) is 16.4. The molecule has 2 aliphatic rings. The largest absolute Gasteiger partial charge is 0.493 e. The first-order valence-electron chi connectivity index (χ1n) is 9.03. The molecular formula is C22H20N2O2S. The second-order valence-electron chi connectivity index (χ2n) is 6.92. The van der Waals surface area contributed by atoms with E-state index in [1.807, 2.05) is 12.1 Å². The van der Waals surface area contributed by atoms with Gasteiger partial charge in [-0.2, -0.15) is 16.4 Å². The minimum absolute atomic E-state index is 0.144. The zero-order valence-corrected chi connectivity index (χ0v) is 16.1. The van der Waals surface area contributed by atoms with Gasteiger partial charge in [0.05, 0.1) is 18.9 Å². The Morgan fingerprint density at radius 2 is 2.00 bits per heavy atom. The first-order chi connectivity index (χ1) is 13.2. The Morgan fingerprint density at radius 3 is 2.74 bits per heavy atom. The van der Waals surface area contributed by atoms with Gasteiger partial charge in [0.1, 0.15) is 0 Å². The molecule has 2 aliphatic heterocycles. The minimum atomic E-state index is -0.243. The molecule has 1 aromatic heterocycles. The van der Waals surface area contributed by atoms with E-state index in [-0.39, 0.29) is 12.3 Å². The molecule has 27 heavy (non-hydrogen) atoms. The Kier molecular flexibility index (Phi) is 3.90. The molecule has 2 aromatic carbocycles. The topological polar surface area (TPSA) is 34.1 Å². The summed E-state index contributed by atoms with van der Waals surface area (Å²) in [5.41, 5.74) is 5.77. The summed E-state index contributed by atoms with van der Waals surface area (Å²) < 4.78 is 12.0. The lowest BCUT2D eigenvalue weighted by atomic mass is 9.95. The summed E-state index contributed by atoms with van der Waals surface area (Å²) in [7, 11) is 1.69. The fourth-order valence-corrected chi connectivity index (χ4v) is 4.47. The highest BCUT2D eigenvalue weighted by molar-refractivity contribution is 7.07. The molecule has 0 radical (unpaired) electrons. The number of aryl methyl sites for hydroxylation is 1. The Hall–Kier alpha value is -2.79. The van der Waals surface area contributed by atoms with E-state index in [0.29, 0.717) is 0 Å². The van der Waals surface area contributed by atoms with E-state index in [1.165, 1.54) is 11.1 Å². The SMILES string of the molecule is COc1cccc2c1OC(c1ccsc1)N1N=C(c3ccc(C)cc3)CC21. The number of fused-ring (bicyclic) bond motifs is 3. The Labute approximate surface area is 162 Å². The zero-order valence-electron chi connectivity index (χ0n) is 15.3. The van der Waals surface area contributed by atoms with Crippen LogP contribution in [0.15, 0.2) is 64.4 Å². The fraction of sp³-hybridized carbons (Fsp3) is 0.227. The molecule has 5 rings (SSSR count). The van der Waals surface area contributed by atoms with Crippen LogP contribution >= 0.6 is 11.3 Å². The molecule has 0 saturated heterocycles. The van der Waals surface area contributed by atoms with E-state index in [2.05, 4.69) is 59.1 Å². The molecule has 0 amide bonds. The molecule has 0 aliphatic carbocycles. The molecule has 3 aromatic rings. The number of benzene rings is 2. The molecule has 2 unspecified atom stereocenters. The second-order valence-corrected chi connectivity index (χ2v) is 7.70. The molecule has 2 atom stereocenters. The quantitative estimate of drug-likeness (QED) is 0.621. The van der Waals surface area contributed by atoms with Crippen molar-refractivity contribution >= 4 is 17.0 Å². The van der Waals surface area contributed by atoms with Crippen LogP contribution in [-0.4, -0.2) is 17.8 Å². The number of hydrazone groups is 1. The van der Waals surface area contributed by atoms with Crippen molar-refractivity contribution in [3.8, 4) is 11.5 Å². The molecule has 136 valence electrons. The van der Waals surface area contributed by atoms with E-state index in [1.54, 1.807) is 18.4 Å². The summed E-state index contributed by atoms with van der Waals surface area (Å²) in [6.45, 7) is 2.10. The van der Waals surface area contributed by atoms with E-state index in [9.17, 15) is 0 Å². The minimum Gasteiger partial charge on any atom is -0.493 e. The second kappa shape index (κ2) is 6.43.